The summed E-state index contributed by atoms with van der Waals surface area (Å²) in [5.74, 6) is -2.88. The molecule has 0 aliphatic carbocycles. The molecule has 0 fully saturated rings. The molecule has 0 aromatic heterocycles. The topological polar surface area (TPSA) is 130 Å². The van der Waals surface area contributed by atoms with E-state index >= 15 is 0 Å². The van der Waals surface area contributed by atoms with Crippen LogP contribution in [-0.4, -0.2) is 28.1 Å². The van der Waals surface area contributed by atoms with Crippen LogP contribution in [0.4, 0.5) is 11.4 Å². The normalized spacial score (nSPS) is 10.2. The predicted octanol–water partition coefficient (Wildman–Crippen LogP) is 2.24. The van der Waals surface area contributed by atoms with Gasteiger partial charge in [-0.2, -0.15) is 0 Å². The summed E-state index contributed by atoms with van der Waals surface area (Å²) in [7, 11) is 0. The van der Waals surface area contributed by atoms with Crippen molar-refractivity contribution in [1.29, 1.82) is 0 Å². The van der Waals surface area contributed by atoms with Crippen LogP contribution in [0.1, 0.15) is 32.7 Å². The Morgan fingerprint density at radius 3 is 1.96 bits per heavy atom. The van der Waals surface area contributed by atoms with Gasteiger partial charge in [-0.05, 0) is 42.3 Å². The minimum absolute atomic E-state index is 0.134. The molecule has 0 saturated heterocycles. The summed E-state index contributed by atoms with van der Waals surface area (Å²) in [4.78, 5) is 34.1. The molecule has 124 valence electrons. The van der Waals surface area contributed by atoms with Crippen LogP contribution >= 0.6 is 0 Å². The highest BCUT2D eigenvalue weighted by Crippen LogP contribution is 2.16. The second-order valence-corrected chi connectivity index (χ2v) is 5.20. The number of carbonyl (C=O) groups is 3. The maximum atomic E-state index is 12.0. The molecule has 24 heavy (non-hydrogen) atoms. The van der Waals surface area contributed by atoms with Crippen LogP contribution in [0.2, 0.25) is 0 Å². The van der Waals surface area contributed by atoms with Gasteiger partial charge in [-0.3, -0.25) is 4.79 Å². The van der Waals surface area contributed by atoms with Crippen LogP contribution in [0.3, 0.4) is 0 Å². The second-order valence-electron chi connectivity index (χ2n) is 5.20. The molecular weight excluding hydrogens is 312 g/mol. The Kier molecular flexibility index (Phi) is 5.16. The van der Waals surface area contributed by atoms with Crippen molar-refractivity contribution in [3.8, 4) is 0 Å². The van der Waals surface area contributed by atoms with Gasteiger partial charge in [-0.25, -0.2) is 9.59 Å². The molecule has 0 radical (unpaired) electrons. The van der Waals surface area contributed by atoms with Crippen molar-refractivity contribution in [1.82, 2.24) is 0 Å². The Balaban J connectivity index is 2.06. The minimum Gasteiger partial charge on any atom is -0.478 e. The van der Waals surface area contributed by atoms with Crippen molar-refractivity contribution in [3.63, 3.8) is 0 Å². The van der Waals surface area contributed by atoms with Gasteiger partial charge in [0.1, 0.15) is 0 Å². The number of carbonyl (C=O) groups excluding carboxylic acids is 1. The van der Waals surface area contributed by atoms with Crippen molar-refractivity contribution in [2.75, 3.05) is 11.1 Å². The number of amides is 1. The molecule has 0 spiro atoms. The van der Waals surface area contributed by atoms with Gasteiger partial charge in [0.15, 0.2) is 0 Å². The third-order valence-electron chi connectivity index (χ3n) is 3.33. The average Bonchev–Trinajstić information content (AvgIpc) is 2.54. The zero-order valence-electron chi connectivity index (χ0n) is 12.7. The van der Waals surface area contributed by atoms with Gasteiger partial charge >= 0.3 is 11.9 Å². The number of nitrogens with two attached hydrogens (primary N) is 1. The van der Waals surface area contributed by atoms with E-state index in [1.54, 1.807) is 12.1 Å². The van der Waals surface area contributed by atoms with E-state index in [1.807, 2.05) is 12.1 Å². The number of carboxylic acid groups (broad SMARTS) is 2. The number of nitrogens with one attached hydrogen (secondary N) is 1. The van der Waals surface area contributed by atoms with E-state index < -0.39 is 11.9 Å². The Hall–Kier alpha value is -3.35. The lowest BCUT2D eigenvalue weighted by Crippen LogP contribution is -2.14. The summed E-state index contributed by atoms with van der Waals surface area (Å²) in [6.45, 7) is 0. The molecule has 5 N–H and O–H groups in total. The summed E-state index contributed by atoms with van der Waals surface area (Å²) in [5, 5.41) is 20.5. The van der Waals surface area contributed by atoms with Crippen molar-refractivity contribution in [2.45, 2.75) is 12.8 Å². The van der Waals surface area contributed by atoms with E-state index in [0.717, 1.165) is 11.6 Å². The summed E-state index contributed by atoms with van der Waals surface area (Å²) in [6.07, 6.45) is 0.653. The van der Waals surface area contributed by atoms with Gasteiger partial charge in [0.2, 0.25) is 5.91 Å². The van der Waals surface area contributed by atoms with Gasteiger partial charge in [-0.15, -0.1) is 0 Å². The van der Waals surface area contributed by atoms with E-state index in [9.17, 15) is 14.4 Å². The summed E-state index contributed by atoms with van der Waals surface area (Å²) in [6, 6.07) is 10.6. The first kappa shape index (κ1) is 17.0. The maximum Gasteiger partial charge on any atom is 0.335 e. The lowest BCUT2D eigenvalue weighted by atomic mass is 10.1. The smallest absolute Gasteiger partial charge is 0.335 e. The number of anilines is 2. The van der Waals surface area contributed by atoms with E-state index in [1.165, 1.54) is 12.1 Å². The number of carboxylic acids is 2. The molecule has 7 nitrogen and oxygen atoms in total. The number of aryl methyl sites for hydroxylation is 1. The van der Waals surface area contributed by atoms with E-state index in [2.05, 4.69) is 5.32 Å². The lowest BCUT2D eigenvalue weighted by molar-refractivity contribution is -0.116. The fraction of sp³-hybridized carbons (Fsp3) is 0.118. The third-order valence-corrected chi connectivity index (χ3v) is 3.33. The lowest BCUT2D eigenvalue weighted by Gasteiger charge is -2.08. The molecule has 0 atom stereocenters. The Bertz CT molecular complexity index is 752. The van der Waals surface area contributed by atoms with Crippen molar-refractivity contribution < 1.29 is 24.6 Å². The highest BCUT2D eigenvalue weighted by atomic mass is 16.4. The molecule has 0 heterocycles. The zero-order chi connectivity index (χ0) is 17.7. The Morgan fingerprint density at radius 2 is 1.46 bits per heavy atom. The average molecular weight is 328 g/mol. The van der Waals surface area contributed by atoms with Crippen LogP contribution in [0.5, 0.6) is 0 Å². The van der Waals surface area contributed by atoms with Gasteiger partial charge in [0, 0.05) is 17.8 Å². The molecule has 0 bridgehead atoms. The van der Waals surface area contributed by atoms with Crippen LogP contribution in [0, 0.1) is 0 Å². The first-order valence-corrected chi connectivity index (χ1v) is 7.11. The molecule has 0 unspecified atom stereocenters. The number of benzene rings is 2. The molecule has 2 aromatic carbocycles. The summed E-state index contributed by atoms with van der Waals surface area (Å²) >= 11 is 0. The standard InChI is InChI=1S/C17H16N2O5/c18-13-4-1-10(2-5-13)3-6-15(20)19-14-8-11(16(21)22)7-12(9-14)17(23)24/h1-2,4-5,7-9H,3,6,18H2,(H,19,20)(H,21,22)(H,23,24). The van der Waals surface area contributed by atoms with Crippen LogP contribution < -0.4 is 11.1 Å². The van der Waals surface area contributed by atoms with Crippen molar-refractivity contribution >= 4 is 29.2 Å². The van der Waals surface area contributed by atoms with Gasteiger partial charge < -0.3 is 21.3 Å². The van der Waals surface area contributed by atoms with Crippen LogP contribution in [0.25, 0.3) is 0 Å². The van der Waals surface area contributed by atoms with E-state index in [4.69, 9.17) is 15.9 Å². The van der Waals surface area contributed by atoms with Crippen molar-refractivity contribution in [3.05, 3.63) is 59.2 Å². The SMILES string of the molecule is Nc1ccc(CCC(=O)Nc2cc(C(=O)O)cc(C(=O)O)c2)cc1. The number of aromatic carboxylic acids is 2. The Morgan fingerprint density at radius 1 is 0.917 bits per heavy atom. The molecule has 1 amide bonds. The number of hydrogen-bond donors (Lipinski definition) is 4. The maximum absolute atomic E-state index is 12.0. The second kappa shape index (κ2) is 7.28. The van der Waals surface area contributed by atoms with Crippen LogP contribution in [0.15, 0.2) is 42.5 Å². The molecule has 2 rings (SSSR count). The predicted molar refractivity (Wildman–Crippen MR) is 88.2 cm³/mol. The third kappa shape index (κ3) is 4.57. The van der Waals surface area contributed by atoms with Crippen LogP contribution in [-0.2, 0) is 11.2 Å². The highest BCUT2D eigenvalue weighted by Gasteiger charge is 2.13. The van der Waals surface area contributed by atoms with Gasteiger partial charge in [-0.1, -0.05) is 12.1 Å². The fourth-order valence-electron chi connectivity index (χ4n) is 2.11. The largest absolute Gasteiger partial charge is 0.478 e. The molecule has 0 saturated carbocycles. The van der Waals surface area contributed by atoms with Crippen molar-refractivity contribution in [2.24, 2.45) is 0 Å². The van der Waals surface area contributed by atoms with E-state index in [-0.39, 0.29) is 29.1 Å². The summed E-state index contributed by atoms with van der Waals surface area (Å²) in [5.41, 5.74) is 6.88. The first-order chi connectivity index (χ1) is 11.3. The van der Waals surface area contributed by atoms with E-state index in [0.29, 0.717) is 12.1 Å². The highest BCUT2D eigenvalue weighted by molar-refractivity contribution is 5.98. The minimum atomic E-state index is -1.27. The number of hydrogen-bond acceptors (Lipinski definition) is 4. The first-order valence-electron chi connectivity index (χ1n) is 7.11. The monoisotopic (exact) mass is 328 g/mol. The fourth-order valence-corrected chi connectivity index (χ4v) is 2.11. The van der Waals surface area contributed by atoms with Gasteiger partial charge in [0.25, 0.3) is 0 Å². The Labute approximate surface area is 137 Å². The van der Waals surface area contributed by atoms with Gasteiger partial charge in [0.05, 0.1) is 11.1 Å². The molecule has 2 aromatic rings. The molecule has 0 aliphatic rings. The quantitative estimate of drug-likeness (QED) is 0.602. The number of rotatable bonds is 6. The molecule has 0 aliphatic heterocycles. The molecular formula is C17H16N2O5. The number of nitrogen functional groups attached to an aromatic ring is 1. The summed E-state index contributed by atoms with van der Waals surface area (Å²) < 4.78 is 0. The molecule has 7 heteroatoms. The zero-order valence-corrected chi connectivity index (χ0v) is 12.7.